The molecule has 2 aromatic rings. The lowest BCUT2D eigenvalue weighted by Crippen LogP contribution is -2.15. The van der Waals surface area contributed by atoms with E-state index in [-0.39, 0.29) is 0 Å². The lowest BCUT2D eigenvalue weighted by Gasteiger charge is -2.04. The molecule has 0 spiro atoms. The van der Waals surface area contributed by atoms with E-state index in [1.54, 1.807) is 11.3 Å². The molecule has 0 aromatic carbocycles. The number of rotatable bonds is 4. The summed E-state index contributed by atoms with van der Waals surface area (Å²) in [6.45, 7) is 10.2. The topological polar surface area (TPSA) is 29.3 Å². The quantitative estimate of drug-likeness (QED) is 0.666. The van der Waals surface area contributed by atoms with Crippen molar-refractivity contribution >= 4 is 16.3 Å². The fourth-order valence-corrected chi connectivity index (χ4v) is 2.77. The predicted octanol–water partition coefficient (Wildman–Crippen LogP) is 3.07. The molecule has 3 nitrogen and oxygen atoms in total. The fraction of sp³-hybridized carbons (Fsp3) is 0.462. The first-order valence-electron chi connectivity index (χ1n) is 5.85. The van der Waals surface area contributed by atoms with E-state index in [0.717, 1.165) is 23.7 Å². The molecule has 4 heteroatoms. The van der Waals surface area contributed by atoms with Crippen molar-refractivity contribution in [2.45, 2.75) is 34.2 Å². The molecule has 0 aliphatic carbocycles. The number of fused-ring (bicyclic) bond motifs is 1. The van der Waals surface area contributed by atoms with Crippen molar-refractivity contribution in [1.82, 2.24) is 14.7 Å². The lowest BCUT2D eigenvalue weighted by atomic mass is 10.3. The second-order valence-electron chi connectivity index (χ2n) is 4.55. The summed E-state index contributed by atoms with van der Waals surface area (Å²) >= 11 is 1.71. The first kappa shape index (κ1) is 12.3. The van der Waals surface area contributed by atoms with Crippen LogP contribution in [0.4, 0.5) is 0 Å². The van der Waals surface area contributed by atoms with Gasteiger partial charge in [0.15, 0.2) is 4.96 Å². The van der Waals surface area contributed by atoms with Gasteiger partial charge < -0.3 is 5.32 Å². The Morgan fingerprint density at radius 2 is 2.24 bits per heavy atom. The van der Waals surface area contributed by atoms with Crippen LogP contribution in [0.2, 0.25) is 0 Å². The summed E-state index contributed by atoms with van der Waals surface area (Å²) in [5, 5.41) is 5.59. The smallest absolute Gasteiger partial charge is 0.194 e. The second kappa shape index (κ2) is 5.02. The van der Waals surface area contributed by atoms with Crippen molar-refractivity contribution in [3.63, 3.8) is 0 Å². The van der Waals surface area contributed by atoms with Gasteiger partial charge in [0.2, 0.25) is 0 Å². The van der Waals surface area contributed by atoms with E-state index in [4.69, 9.17) is 0 Å². The lowest BCUT2D eigenvalue weighted by molar-refractivity contribution is 0.724. The van der Waals surface area contributed by atoms with Gasteiger partial charge in [0.1, 0.15) is 0 Å². The maximum absolute atomic E-state index is 4.57. The van der Waals surface area contributed by atoms with Gasteiger partial charge in [-0.2, -0.15) is 0 Å². The van der Waals surface area contributed by atoms with E-state index in [1.165, 1.54) is 17.0 Å². The van der Waals surface area contributed by atoms with Gasteiger partial charge in [-0.25, -0.2) is 4.98 Å². The Bertz CT molecular complexity index is 544. The van der Waals surface area contributed by atoms with Crippen molar-refractivity contribution < 1.29 is 0 Å². The van der Waals surface area contributed by atoms with Gasteiger partial charge in [-0.15, -0.1) is 11.3 Å². The number of thiazole rings is 1. The molecule has 2 rings (SSSR count). The number of hydrogen-bond acceptors (Lipinski definition) is 3. The van der Waals surface area contributed by atoms with E-state index in [2.05, 4.69) is 53.9 Å². The average molecular weight is 249 g/mol. The van der Waals surface area contributed by atoms with E-state index >= 15 is 0 Å². The summed E-state index contributed by atoms with van der Waals surface area (Å²) in [5.74, 6) is 0. The highest BCUT2D eigenvalue weighted by molar-refractivity contribution is 7.15. The van der Waals surface area contributed by atoms with Crippen molar-refractivity contribution in [1.29, 1.82) is 0 Å². The van der Waals surface area contributed by atoms with Gasteiger partial charge in [-0.1, -0.05) is 11.6 Å². The second-order valence-corrected chi connectivity index (χ2v) is 5.39. The maximum atomic E-state index is 4.57. The van der Waals surface area contributed by atoms with Crippen LogP contribution in [0.3, 0.4) is 0 Å². The number of imidazole rings is 1. The van der Waals surface area contributed by atoms with E-state index in [1.807, 2.05) is 0 Å². The van der Waals surface area contributed by atoms with Crippen LogP contribution < -0.4 is 5.32 Å². The summed E-state index contributed by atoms with van der Waals surface area (Å²) in [6, 6.07) is 0. The Hall–Kier alpha value is -1.13. The first-order chi connectivity index (χ1) is 8.09. The average Bonchev–Trinajstić information content (AvgIpc) is 2.75. The normalized spacial score (nSPS) is 11.1. The van der Waals surface area contributed by atoms with E-state index < -0.39 is 0 Å². The molecule has 0 aliphatic rings. The summed E-state index contributed by atoms with van der Waals surface area (Å²) in [6.07, 6.45) is 2.20. The fourth-order valence-electron chi connectivity index (χ4n) is 1.84. The minimum atomic E-state index is 0.869. The molecule has 0 unspecified atom stereocenters. The Morgan fingerprint density at radius 3 is 2.94 bits per heavy atom. The highest BCUT2D eigenvalue weighted by atomic mass is 32.1. The molecule has 0 amide bonds. The van der Waals surface area contributed by atoms with Crippen molar-refractivity contribution in [2.24, 2.45) is 0 Å². The summed E-state index contributed by atoms with van der Waals surface area (Å²) in [5.41, 5.74) is 5.02. The third kappa shape index (κ3) is 2.58. The number of allylic oxidation sites excluding steroid dienone is 1. The van der Waals surface area contributed by atoms with Crippen LogP contribution in [0.25, 0.3) is 4.96 Å². The molecule has 0 saturated carbocycles. The van der Waals surface area contributed by atoms with Crippen molar-refractivity contribution in [2.75, 3.05) is 6.54 Å². The summed E-state index contributed by atoms with van der Waals surface area (Å²) in [4.78, 5) is 5.67. The molecule has 0 aliphatic heterocycles. The molecule has 2 heterocycles. The Balaban J connectivity index is 2.14. The van der Waals surface area contributed by atoms with Crippen molar-refractivity contribution in [3.05, 3.63) is 34.1 Å². The molecule has 17 heavy (non-hydrogen) atoms. The third-order valence-corrected chi connectivity index (χ3v) is 3.72. The van der Waals surface area contributed by atoms with E-state index in [9.17, 15) is 0 Å². The number of aromatic nitrogens is 2. The third-order valence-electron chi connectivity index (χ3n) is 2.78. The molecule has 2 aromatic heterocycles. The van der Waals surface area contributed by atoms with Crippen LogP contribution in [-0.2, 0) is 6.54 Å². The standard InChI is InChI=1S/C13H19N3S/c1-9(2)5-6-14-7-12-11(4)15-13-16(12)10(3)8-17-13/h5,8,14H,6-7H2,1-4H3. The number of aryl methyl sites for hydroxylation is 2. The van der Waals surface area contributed by atoms with Gasteiger partial charge in [0.05, 0.1) is 11.4 Å². The molecular weight excluding hydrogens is 230 g/mol. The first-order valence-corrected chi connectivity index (χ1v) is 6.73. The minimum Gasteiger partial charge on any atom is -0.308 e. The zero-order valence-corrected chi connectivity index (χ0v) is 11.7. The maximum Gasteiger partial charge on any atom is 0.194 e. The Labute approximate surface area is 106 Å². The van der Waals surface area contributed by atoms with Crippen LogP contribution in [0, 0.1) is 13.8 Å². The van der Waals surface area contributed by atoms with Crippen LogP contribution >= 0.6 is 11.3 Å². The van der Waals surface area contributed by atoms with Crippen LogP contribution in [-0.4, -0.2) is 15.9 Å². The number of nitrogens with one attached hydrogen (secondary N) is 1. The van der Waals surface area contributed by atoms with Crippen molar-refractivity contribution in [3.8, 4) is 0 Å². The summed E-state index contributed by atoms with van der Waals surface area (Å²) < 4.78 is 2.25. The Morgan fingerprint density at radius 1 is 1.47 bits per heavy atom. The largest absolute Gasteiger partial charge is 0.308 e. The number of nitrogens with zero attached hydrogens (tertiary/aromatic N) is 2. The van der Waals surface area contributed by atoms with Gasteiger partial charge in [0, 0.05) is 24.2 Å². The van der Waals surface area contributed by atoms with Gasteiger partial charge in [-0.05, 0) is 27.7 Å². The molecular formula is C13H19N3S. The minimum absolute atomic E-state index is 0.869. The SMILES string of the molecule is CC(C)=CCNCc1c(C)nc2scc(C)n12. The molecule has 0 fully saturated rings. The molecule has 0 saturated heterocycles. The van der Waals surface area contributed by atoms with E-state index in [0.29, 0.717) is 0 Å². The predicted molar refractivity (Wildman–Crippen MR) is 73.7 cm³/mol. The van der Waals surface area contributed by atoms with Crippen LogP contribution in [0.1, 0.15) is 30.9 Å². The highest BCUT2D eigenvalue weighted by Crippen LogP contribution is 2.20. The van der Waals surface area contributed by atoms with Gasteiger partial charge in [-0.3, -0.25) is 4.40 Å². The molecule has 1 N–H and O–H groups in total. The molecule has 0 bridgehead atoms. The number of hydrogen-bond donors (Lipinski definition) is 1. The van der Waals surface area contributed by atoms with Gasteiger partial charge >= 0.3 is 0 Å². The van der Waals surface area contributed by atoms with Crippen LogP contribution in [0.15, 0.2) is 17.0 Å². The molecule has 92 valence electrons. The Kier molecular flexibility index (Phi) is 3.64. The zero-order valence-electron chi connectivity index (χ0n) is 10.9. The molecule has 0 atom stereocenters. The molecule has 0 radical (unpaired) electrons. The van der Waals surface area contributed by atoms with Gasteiger partial charge in [0.25, 0.3) is 0 Å². The monoisotopic (exact) mass is 249 g/mol. The zero-order chi connectivity index (χ0) is 12.4. The highest BCUT2D eigenvalue weighted by Gasteiger charge is 2.10. The summed E-state index contributed by atoms with van der Waals surface area (Å²) in [7, 11) is 0. The van der Waals surface area contributed by atoms with Crippen LogP contribution in [0.5, 0.6) is 0 Å².